The summed E-state index contributed by atoms with van der Waals surface area (Å²) in [6.45, 7) is 5.56. The molecular formula is C11H13NO4S. The molecule has 0 aliphatic rings. The summed E-state index contributed by atoms with van der Waals surface area (Å²) in [5, 5.41) is 0. The first kappa shape index (κ1) is 13.6. The molecular weight excluding hydrogens is 242 g/mol. The lowest BCUT2D eigenvalue weighted by Crippen LogP contribution is -2.05. The van der Waals surface area contributed by atoms with Gasteiger partial charge in [-0.2, -0.15) is 8.42 Å². The number of hydrogen-bond acceptors (Lipinski definition) is 4. The third-order valence-corrected chi connectivity index (χ3v) is 3.06. The lowest BCUT2D eigenvalue weighted by molar-refractivity contribution is 0.307. The Hall–Kier alpha value is -1.49. The first-order valence-electron chi connectivity index (χ1n) is 4.91. The van der Waals surface area contributed by atoms with Gasteiger partial charge in [0.05, 0.1) is 6.61 Å². The standard InChI is InChI=1S/C11H13NO4S/c1-8-4-9(2)11(10(3)5-8)6-16-17(14,15)12-7-13/h4-5H,6H2,1-3H3. The van der Waals surface area contributed by atoms with Gasteiger partial charge in [0.1, 0.15) is 0 Å². The van der Waals surface area contributed by atoms with Gasteiger partial charge in [-0.15, -0.1) is 0 Å². The van der Waals surface area contributed by atoms with Crippen LogP contribution in [0.15, 0.2) is 16.5 Å². The molecule has 0 bridgehead atoms. The molecule has 92 valence electrons. The maximum absolute atomic E-state index is 11.0. The van der Waals surface area contributed by atoms with Crippen LogP contribution in [0.5, 0.6) is 0 Å². The van der Waals surface area contributed by atoms with Crippen LogP contribution in [0.2, 0.25) is 0 Å². The van der Waals surface area contributed by atoms with E-state index in [2.05, 4.69) is 8.58 Å². The van der Waals surface area contributed by atoms with Crippen molar-refractivity contribution < 1.29 is 17.4 Å². The molecule has 1 aromatic rings. The Morgan fingerprint density at radius 2 is 1.76 bits per heavy atom. The van der Waals surface area contributed by atoms with Crippen LogP contribution in [-0.4, -0.2) is 14.5 Å². The van der Waals surface area contributed by atoms with E-state index >= 15 is 0 Å². The number of carbonyl (C=O) groups excluding carboxylic acids is 1. The Kier molecular flexibility index (Phi) is 4.17. The molecule has 0 amide bonds. The second kappa shape index (κ2) is 5.23. The zero-order valence-corrected chi connectivity index (χ0v) is 10.7. The minimum absolute atomic E-state index is 0.133. The van der Waals surface area contributed by atoms with E-state index in [0.717, 1.165) is 28.3 Å². The quantitative estimate of drug-likeness (QED) is 0.606. The van der Waals surface area contributed by atoms with Gasteiger partial charge in [-0.05, 0) is 37.5 Å². The van der Waals surface area contributed by atoms with E-state index in [1.165, 1.54) is 0 Å². The van der Waals surface area contributed by atoms with Crippen LogP contribution in [0, 0.1) is 20.8 Å². The molecule has 5 nitrogen and oxygen atoms in total. The van der Waals surface area contributed by atoms with Gasteiger partial charge < -0.3 is 0 Å². The highest BCUT2D eigenvalue weighted by Gasteiger charge is 2.11. The van der Waals surface area contributed by atoms with Gasteiger partial charge in [0, 0.05) is 0 Å². The van der Waals surface area contributed by atoms with E-state index in [-0.39, 0.29) is 6.61 Å². The summed E-state index contributed by atoms with van der Waals surface area (Å²) in [7, 11) is -4.17. The maximum atomic E-state index is 11.0. The summed E-state index contributed by atoms with van der Waals surface area (Å²) in [4.78, 5) is 9.86. The molecule has 0 saturated heterocycles. The van der Waals surface area contributed by atoms with E-state index in [1.807, 2.05) is 32.9 Å². The molecule has 0 N–H and O–H groups in total. The highest BCUT2D eigenvalue weighted by molar-refractivity contribution is 7.85. The van der Waals surface area contributed by atoms with Crippen LogP contribution < -0.4 is 0 Å². The Morgan fingerprint density at radius 1 is 1.24 bits per heavy atom. The monoisotopic (exact) mass is 255 g/mol. The smallest absolute Gasteiger partial charge is 0.247 e. The van der Waals surface area contributed by atoms with Gasteiger partial charge in [-0.25, -0.2) is 8.98 Å². The Bertz CT molecular complexity index is 548. The van der Waals surface area contributed by atoms with Crippen LogP contribution in [0.4, 0.5) is 0 Å². The molecule has 17 heavy (non-hydrogen) atoms. The molecule has 0 atom stereocenters. The Labute approximate surface area is 100 Å². The summed E-state index contributed by atoms with van der Waals surface area (Å²) in [6, 6.07) is 3.86. The molecule has 0 heterocycles. The molecule has 0 fully saturated rings. The van der Waals surface area contributed by atoms with Crippen LogP contribution in [0.3, 0.4) is 0 Å². The average molecular weight is 255 g/mol. The summed E-state index contributed by atoms with van der Waals surface area (Å²) < 4.78 is 29.3. The summed E-state index contributed by atoms with van der Waals surface area (Å²) >= 11 is 0. The average Bonchev–Trinajstić information content (AvgIpc) is 2.15. The fraction of sp³-hybridized carbons (Fsp3) is 0.364. The normalized spacial score (nSPS) is 11.0. The van der Waals surface area contributed by atoms with Gasteiger partial charge in [0.2, 0.25) is 0 Å². The topological polar surface area (TPSA) is 72.8 Å². The summed E-state index contributed by atoms with van der Waals surface area (Å²) in [6.07, 6.45) is 0.945. The van der Waals surface area contributed by atoms with Crippen molar-refractivity contribution in [1.82, 2.24) is 0 Å². The minimum atomic E-state index is -4.17. The zero-order valence-electron chi connectivity index (χ0n) is 9.85. The van der Waals surface area contributed by atoms with E-state index in [4.69, 9.17) is 0 Å². The Balaban J connectivity index is 2.94. The van der Waals surface area contributed by atoms with Crippen molar-refractivity contribution in [3.8, 4) is 0 Å². The van der Waals surface area contributed by atoms with Crippen LogP contribution in [-0.2, 0) is 25.9 Å². The van der Waals surface area contributed by atoms with Crippen molar-refractivity contribution in [2.45, 2.75) is 27.4 Å². The van der Waals surface area contributed by atoms with Crippen molar-refractivity contribution in [2.75, 3.05) is 0 Å². The third kappa shape index (κ3) is 3.78. The molecule has 1 rings (SSSR count). The molecule has 0 unspecified atom stereocenters. The molecule has 0 radical (unpaired) electrons. The molecule has 0 aliphatic heterocycles. The minimum Gasteiger partial charge on any atom is -0.247 e. The molecule has 6 heteroatoms. The largest absolute Gasteiger partial charge is 0.391 e. The van der Waals surface area contributed by atoms with Gasteiger partial charge >= 0.3 is 10.3 Å². The van der Waals surface area contributed by atoms with Crippen molar-refractivity contribution in [1.29, 1.82) is 0 Å². The highest BCUT2D eigenvalue weighted by Crippen LogP contribution is 2.18. The number of benzene rings is 1. The molecule has 0 aromatic heterocycles. The lowest BCUT2D eigenvalue weighted by atomic mass is 10.0. The van der Waals surface area contributed by atoms with E-state index in [1.54, 1.807) is 0 Å². The SMILES string of the molecule is Cc1cc(C)c(COS(=O)(=O)N=C=O)c(C)c1. The molecule has 0 spiro atoms. The number of hydrogen-bond donors (Lipinski definition) is 0. The van der Waals surface area contributed by atoms with E-state index in [9.17, 15) is 13.2 Å². The highest BCUT2D eigenvalue weighted by atomic mass is 32.2. The maximum Gasteiger partial charge on any atom is 0.391 e. The van der Waals surface area contributed by atoms with E-state index < -0.39 is 10.3 Å². The number of isocyanates is 1. The Morgan fingerprint density at radius 3 is 2.24 bits per heavy atom. The fourth-order valence-corrected chi connectivity index (χ4v) is 2.05. The number of rotatable bonds is 4. The lowest BCUT2D eigenvalue weighted by Gasteiger charge is -2.10. The third-order valence-electron chi connectivity index (χ3n) is 2.34. The van der Waals surface area contributed by atoms with Crippen LogP contribution >= 0.6 is 0 Å². The van der Waals surface area contributed by atoms with Crippen molar-refractivity contribution in [3.63, 3.8) is 0 Å². The molecule has 0 aliphatic carbocycles. The summed E-state index contributed by atoms with van der Waals surface area (Å²) in [5.74, 6) is 0. The first-order chi connectivity index (χ1) is 7.85. The van der Waals surface area contributed by atoms with E-state index in [0.29, 0.717) is 0 Å². The second-order valence-electron chi connectivity index (χ2n) is 3.75. The molecule has 0 saturated carbocycles. The number of aryl methyl sites for hydroxylation is 3. The van der Waals surface area contributed by atoms with Crippen LogP contribution in [0.1, 0.15) is 22.3 Å². The predicted octanol–water partition coefficient (Wildman–Crippen LogP) is 1.71. The molecule has 1 aromatic carbocycles. The van der Waals surface area contributed by atoms with Gasteiger partial charge in [-0.3, -0.25) is 0 Å². The van der Waals surface area contributed by atoms with Gasteiger partial charge in [-0.1, -0.05) is 22.1 Å². The zero-order chi connectivity index (χ0) is 13.1. The van der Waals surface area contributed by atoms with Crippen LogP contribution in [0.25, 0.3) is 0 Å². The first-order valence-corrected chi connectivity index (χ1v) is 6.27. The van der Waals surface area contributed by atoms with Crippen molar-refractivity contribution >= 4 is 16.4 Å². The predicted molar refractivity (Wildman–Crippen MR) is 62.5 cm³/mol. The summed E-state index contributed by atoms with van der Waals surface area (Å²) in [5.41, 5.74) is 3.75. The number of nitrogens with zero attached hydrogens (tertiary/aromatic N) is 1. The van der Waals surface area contributed by atoms with Crippen molar-refractivity contribution in [2.24, 2.45) is 4.40 Å². The van der Waals surface area contributed by atoms with Crippen molar-refractivity contribution in [3.05, 3.63) is 34.4 Å². The second-order valence-corrected chi connectivity index (χ2v) is 5.02. The van der Waals surface area contributed by atoms with Gasteiger partial charge in [0.25, 0.3) is 6.08 Å². The fourth-order valence-electron chi connectivity index (χ4n) is 1.64. The van der Waals surface area contributed by atoms with Gasteiger partial charge in [0.15, 0.2) is 0 Å².